The second-order valence-electron chi connectivity index (χ2n) is 5.12. The molecule has 0 unspecified atom stereocenters. The fourth-order valence-corrected chi connectivity index (χ4v) is 8.70. The molecule has 0 saturated carbocycles. The average Bonchev–Trinajstić information content (AvgIpc) is 2.53. The molecule has 0 aromatic heterocycles. The second kappa shape index (κ2) is 6.62. The zero-order chi connectivity index (χ0) is 15.5. The summed E-state index contributed by atoms with van der Waals surface area (Å²) in [5.74, 6) is -0.459. The predicted molar refractivity (Wildman–Crippen MR) is 88.6 cm³/mol. The number of halogens is 2. The molecule has 0 radical (unpaired) electrons. The molecule has 0 fully saturated rings. The van der Waals surface area contributed by atoms with Gasteiger partial charge in [0.15, 0.2) is 0 Å². The molecule has 3 aromatic rings. The van der Waals surface area contributed by atoms with E-state index in [-0.39, 0.29) is 11.6 Å². The van der Waals surface area contributed by atoms with Gasteiger partial charge in [0, 0.05) is 0 Å². The summed E-state index contributed by atoms with van der Waals surface area (Å²) in [6.45, 7) is 2.06. The van der Waals surface area contributed by atoms with Gasteiger partial charge in [0.2, 0.25) is 0 Å². The Kier molecular flexibility index (Phi) is 4.59. The maximum atomic E-state index is 13.2. The summed E-state index contributed by atoms with van der Waals surface area (Å²) in [6.07, 6.45) is 0. The topological polar surface area (TPSA) is 0 Å². The van der Waals surface area contributed by atoms with Crippen LogP contribution in [0.15, 0.2) is 72.8 Å². The first-order valence-electron chi connectivity index (χ1n) is 7.01. The summed E-state index contributed by atoms with van der Waals surface area (Å²) in [5, 5.41) is 0. The van der Waals surface area contributed by atoms with Crippen LogP contribution in [-0.4, -0.2) is 20.2 Å². The third-order valence-electron chi connectivity index (χ3n) is 3.46. The standard InChI is InChI=1S/C7H7.2C6H4F.Sb/c1-7-5-3-2-4-6-7;2*7-6-4-2-1-3-5-6;/h3-6H,1H3;2*2-5H;. The van der Waals surface area contributed by atoms with E-state index in [1.54, 1.807) is 0 Å². The summed E-state index contributed by atoms with van der Waals surface area (Å²) < 4.78 is 30.1. The molecule has 0 nitrogen and oxygen atoms in total. The number of hydrogen-bond donors (Lipinski definition) is 0. The molecule has 0 aliphatic heterocycles. The van der Waals surface area contributed by atoms with E-state index in [2.05, 4.69) is 31.2 Å². The first kappa shape index (κ1) is 15.2. The van der Waals surface area contributed by atoms with E-state index >= 15 is 0 Å². The van der Waals surface area contributed by atoms with E-state index in [1.165, 1.54) is 40.4 Å². The molecule has 0 N–H and O–H groups in total. The molecule has 3 rings (SSSR count). The van der Waals surface area contributed by atoms with Gasteiger partial charge in [0.25, 0.3) is 0 Å². The molecule has 0 saturated heterocycles. The van der Waals surface area contributed by atoms with Gasteiger partial charge in [-0.05, 0) is 0 Å². The van der Waals surface area contributed by atoms with E-state index in [4.69, 9.17) is 0 Å². The molecule has 0 bridgehead atoms. The first-order valence-corrected chi connectivity index (χ1v) is 10.8. The van der Waals surface area contributed by atoms with Crippen molar-refractivity contribution in [1.29, 1.82) is 0 Å². The molecule has 0 atom stereocenters. The third kappa shape index (κ3) is 3.39. The van der Waals surface area contributed by atoms with Crippen molar-refractivity contribution in [1.82, 2.24) is 0 Å². The van der Waals surface area contributed by atoms with Gasteiger partial charge >= 0.3 is 136 Å². The number of benzene rings is 3. The first-order chi connectivity index (χ1) is 10.6. The van der Waals surface area contributed by atoms with Crippen LogP contribution in [0, 0.1) is 18.6 Å². The molecule has 22 heavy (non-hydrogen) atoms. The van der Waals surface area contributed by atoms with Crippen LogP contribution in [0.3, 0.4) is 0 Å². The Morgan fingerprint density at radius 3 is 1.23 bits per heavy atom. The summed E-state index contributed by atoms with van der Waals surface area (Å²) >= 11 is -2.24. The van der Waals surface area contributed by atoms with Crippen LogP contribution in [0.1, 0.15) is 5.56 Å². The van der Waals surface area contributed by atoms with E-state index in [1.807, 2.05) is 24.3 Å². The van der Waals surface area contributed by atoms with E-state index in [0.29, 0.717) is 0 Å². The Bertz CT molecular complexity index is 639. The number of hydrogen-bond acceptors (Lipinski definition) is 0. The van der Waals surface area contributed by atoms with E-state index < -0.39 is 20.2 Å². The van der Waals surface area contributed by atoms with Crippen molar-refractivity contribution in [2.75, 3.05) is 0 Å². The molecule has 0 amide bonds. The SMILES string of the molecule is Cc1cc[c]([Sb]([c]2ccc(F)cc2)[c]2ccc(F)cc2)cc1. The molecule has 3 aromatic carbocycles. The quantitative estimate of drug-likeness (QED) is 0.591. The summed E-state index contributed by atoms with van der Waals surface area (Å²) in [6, 6.07) is 21.9. The minimum absolute atomic E-state index is 0.229. The van der Waals surface area contributed by atoms with Crippen molar-refractivity contribution in [2.24, 2.45) is 0 Å². The number of aryl methyl sites for hydroxylation is 1. The summed E-state index contributed by atoms with van der Waals surface area (Å²) in [4.78, 5) is 0. The van der Waals surface area contributed by atoms with Crippen molar-refractivity contribution < 1.29 is 8.78 Å². The van der Waals surface area contributed by atoms with Gasteiger partial charge in [-0.25, -0.2) is 0 Å². The van der Waals surface area contributed by atoms with E-state index in [0.717, 1.165) is 0 Å². The predicted octanol–water partition coefficient (Wildman–Crippen LogP) is 2.79. The van der Waals surface area contributed by atoms with Crippen molar-refractivity contribution >= 4 is 30.7 Å². The molecule has 3 heteroatoms. The molecule has 110 valence electrons. The molecule has 0 heterocycles. The Morgan fingerprint density at radius 1 is 0.545 bits per heavy atom. The summed E-state index contributed by atoms with van der Waals surface area (Å²) in [5.41, 5.74) is 1.21. The van der Waals surface area contributed by atoms with Crippen LogP contribution in [0.2, 0.25) is 0 Å². The Balaban J connectivity index is 2.10. The summed E-state index contributed by atoms with van der Waals surface area (Å²) in [7, 11) is 0. The number of rotatable bonds is 3. The van der Waals surface area contributed by atoms with Crippen LogP contribution in [0.5, 0.6) is 0 Å². The third-order valence-corrected chi connectivity index (χ3v) is 10.4. The van der Waals surface area contributed by atoms with Gasteiger partial charge in [-0.15, -0.1) is 0 Å². The van der Waals surface area contributed by atoms with Crippen molar-refractivity contribution in [3.63, 3.8) is 0 Å². The van der Waals surface area contributed by atoms with Crippen LogP contribution >= 0.6 is 0 Å². The molecule has 0 aliphatic rings. The fraction of sp³-hybridized carbons (Fsp3) is 0.0526. The zero-order valence-electron chi connectivity index (χ0n) is 12.1. The van der Waals surface area contributed by atoms with E-state index in [9.17, 15) is 8.78 Å². The Hall–Kier alpha value is -1.66. The Morgan fingerprint density at radius 2 is 0.864 bits per heavy atom. The van der Waals surface area contributed by atoms with Gasteiger partial charge in [0.05, 0.1) is 0 Å². The van der Waals surface area contributed by atoms with Crippen LogP contribution in [-0.2, 0) is 0 Å². The minimum atomic E-state index is -2.24. The van der Waals surface area contributed by atoms with Crippen molar-refractivity contribution in [3.05, 3.63) is 90.0 Å². The van der Waals surface area contributed by atoms with Gasteiger partial charge in [-0.1, -0.05) is 0 Å². The van der Waals surface area contributed by atoms with Gasteiger partial charge in [-0.2, -0.15) is 0 Å². The van der Waals surface area contributed by atoms with Crippen LogP contribution in [0.25, 0.3) is 0 Å². The molecular formula is C19H15F2Sb. The molecule has 0 spiro atoms. The Labute approximate surface area is 136 Å². The van der Waals surface area contributed by atoms with Crippen molar-refractivity contribution in [2.45, 2.75) is 6.92 Å². The molecular weight excluding hydrogens is 388 g/mol. The van der Waals surface area contributed by atoms with Crippen molar-refractivity contribution in [3.8, 4) is 0 Å². The second-order valence-corrected chi connectivity index (χ2v) is 11.5. The monoisotopic (exact) mass is 402 g/mol. The molecule has 0 aliphatic carbocycles. The maximum absolute atomic E-state index is 13.2. The van der Waals surface area contributed by atoms with Gasteiger partial charge < -0.3 is 0 Å². The van der Waals surface area contributed by atoms with Crippen LogP contribution < -0.4 is 10.5 Å². The van der Waals surface area contributed by atoms with Gasteiger partial charge in [-0.3, -0.25) is 0 Å². The normalized spacial score (nSPS) is 10.9. The fourth-order valence-electron chi connectivity index (χ4n) is 2.32. The van der Waals surface area contributed by atoms with Gasteiger partial charge in [0.1, 0.15) is 0 Å². The zero-order valence-corrected chi connectivity index (χ0v) is 14.7. The average molecular weight is 403 g/mol. The van der Waals surface area contributed by atoms with Crippen LogP contribution in [0.4, 0.5) is 8.78 Å².